The molecule has 6 heteroatoms. The van der Waals surface area contributed by atoms with E-state index in [-0.39, 0.29) is 11.7 Å². The second-order valence-corrected chi connectivity index (χ2v) is 4.70. The van der Waals surface area contributed by atoms with Crippen LogP contribution < -0.4 is 5.32 Å². The molecule has 0 aliphatic heterocycles. The summed E-state index contributed by atoms with van der Waals surface area (Å²) in [4.78, 5) is 10.0. The number of benzene rings is 1. The van der Waals surface area contributed by atoms with Crippen molar-refractivity contribution in [2.45, 2.75) is 32.2 Å². The maximum atomic E-state index is 13.6. The van der Waals surface area contributed by atoms with E-state index in [4.69, 9.17) is 0 Å². The Morgan fingerprint density at radius 2 is 2.11 bits per heavy atom. The summed E-state index contributed by atoms with van der Waals surface area (Å²) in [5, 5.41) is 13.7. The fourth-order valence-electron chi connectivity index (χ4n) is 2.39. The Morgan fingerprint density at radius 3 is 2.67 bits per heavy atom. The summed E-state index contributed by atoms with van der Waals surface area (Å²) < 4.78 is 26.6. The minimum Gasteiger partial charge on any atom is -0.374 e. The predicted molar refractivity (Wildman–Crippen MR) is 63.4 cm³/mol. The fraction of sp³-hybridized carbons (Fsp3) is 0.500. The molecule has 18 heavy (non-hydrogen) atoms. The Morgan fingerprint density at radius 1 is 1.39 bits per heavy atom. The first-order chi connectivity index (χ1) is 8.49. The van der Waals surface area contributed by atoms with Gasteiger partial charge in [-0.15, -0.1) is 0 Å². The molecular formula is C12H14F2N2O2. The second-order valence-electron chi connectivity index (χ2n) is 4.70. The summed E-state index contributed by atoms with van der Waals surface area (Å²) in [5.41, 5.74) is -0.758. The van der Waals surface area contributed by atoms with Gasteiger partial charge in [-0.1, -0.05) is 13.3 Å². The summed E-state index contributed by atoms with van der Waals surface area (Å²) in [6.45, 7) is 2.01. The van der Waals surface area contributed by atoms with E-state index in [9.17, 15) is 18.9 Å². The molecule has 1 fully saturated rings. The lowest BCUT2D eigenvalue weighted by molar-refractivity contribution is -0.384. The van der Waals surface area contributed by atoms with Gasteiger partial charge in [-0.3, -0.25) is 10.1 Å². The van der Waals surface area contributed by atoms with Crippen LogP contribution >= 0.6 is 0 Å². The lowest BCUT2D eigenvalue weighted by Crippen LogP contribution is -2.23. The van der Waals surface area contributed by atoms with Crippen LogP contribution in [-0.2, 0) is 0 Å². The summed E-state index contributed by atoms with van der Waals surface area (Å²) in [7, 11) is 0. The van der Waals surface area contributed by atoms with Gasteiger partial charge in [-0.05, 0) is 18.8 Å². The van der Waals surface area contributed by atoms with Crippen LogP contribution in [0.15, 0.2) is 12.1 Å². The number of anilines is 1. The highest BCUT2D eigenvalue weighted by molar-refractivity contribution is 5.63. The van der Waals surface area contributed by atoms with Crippen LogP contribution in [0.25, 0.3) is 0 Å². The third kappa shape index (κ3) is 2.42. The molecule has 1 saturated carbocycles. The molecule has 4 nitrogen and oxygen atoms in total. The number of hydrogen-bond donors (Lipinski definition) is 1. The van der Waals surface area contributed by atoms with Crippen LogP contribution in [0.1, 0.15) is 26.2 Å². The van der Waals surface area contributed by atoms with Crippen molar-refractivity contribution in [1.82, 2.24) is 0 Å². The van der Waals surface area contributed by atoms with Gasteiger partial charge in [0.2, 0.25) is 0 Å². The van der Waals surface area contributed by atoms with Gasteiger partial charge >= 0.3 is 0 Å². The van der Waals surface area contributed by atoms with Gasteiger partial charge in [0.15, 0.2) is 5.82 Å². The first-order valence-corrected chi connectivity index (χ1v) is 5.89. The van der Waals surface area contributed by atoms with Crippen molar-refractivity contribution in [2.75, 3.05) is 5.32 Å². The number of nitro groups is 1. The smallest absolute Gasteiger partial charge is 0.298 e. The Bertz CT molecular complexity index is 479. The van der Waals surface area contributed by atoms with Crippen LogP contribution in [0.3, 0.4) is 0 Å². The molecule has 98 valence electrons. The van der Waals surface area contributed by atoms with Crippen molar-refractivity contribution >= 4 is 11.4 Å². The average Bonchev–Trinajstić information content (AvgIpc) is 2.67. The first kappa shape index (κ1) is 12.7. The molecule has 1 aliphatic rings. The largest absolute Gasteiger partial charge is 0.374 e. The number of nitro benzene ring substituents is 1. The highest BCUT2D eigenvalue weighted by atomic mass is 19.1. The molecule has 2 unspecified atom stereocenters. The lowest BCUT2D eigenvalue weighted by Gasteiger charge is -2.18. The van der Waals surface area contributed by atoms with Crippen molar-refractivity contribution in [3.63, 3.8) is 0 Å². The van der Waals surface area contributed by atoms with Gasteiger partial charge in [0, 0.05) is 12.1 Å². The zero-order chi connectivity index (χ0) is 13.3. The molecule has 2 rings (SSSR count). The normalized spacial score (nSPS) is 23.1. The van der Waals surface area contributed by atoms with Crippen LogP contribution in [0.2, 0.25) is 0 Å². The van der Waals surface area contributed by atoms with E-state index in [0.717, 1.165) is 25.3 Å². The Kier molecular flexibility index (Phi) is 3.45. The SMILES string of the molecule is CC1CCCC1Nc1c(F)cc(F)cc1[N+](=O)[O-]. The topological polar surface area (TPSA) is 55.2 Å². The average molecular weight is 256 g/mol. The molecule has 0 amide bonds. The number of hydrogen-bond acceptors (Lipinski definition) is 3. The molecule has 0 bridgehead atoms. The number of nitrogens with zero attached hydrogens (tertiary/aromatic N) is 1. The van der Waals surface area contributed by atoms with Crippen LogP contribution in [0.4, 0.5) is 20.2 Å². The highest BCUT2D eigenvalue weighted by Crippen LogP contribution is 2.34. The van der Waals surface area contributed by atoms with Gasteiger partial charge in [-0.25, -0.2) is 8.78 Å². The van der Waals surface area contributed by atoms with E-state index < -0.39 is 22.2 Å². The number of nitrogens with one attached hydrogen (secondary N) is 1. The van der Waals surface area contributed by atoms with Gasteiger partial charge in [0.1, 0.15) is 11.5 Å². The lowest BCUT2D eigenvalue weighted by atomic mass is 10.1. The number of rotatable bonds is 3. The zero-order valence-corrected chi connectivity index (χ0v) is 9.95. The third-order valence-corrected chi connectivity index (χ3v) is 3.42. The van der Waals surface area contributed by atoms with Crippen molar-refractivity contribution in [2.24, 2.45) is 5.92 Å². The first-order valence-electron chi connectivity index (χ1n) is 5.89. The summed E-state index contributed by atoms with van der Waals surface area (Å²) in [6.07, 6.45) is 2.86. The molecule has 0 radical (unpaired) electrons. The van der Waals surface area contributed by atoms with Crippen molar-refractivity contribution in [3.8, 4) is 0 Å². The fourth-order valence-corrected chi connectivity index (χ4v) is 2.39. The summed E-state index contributed by atoms with van der Waals surface area (Å²) in [5.74, 6) is -1.53. The molecule has 1 aromatic carbocycles. The van der Waals surface area contributed by atoms with Crippen molar-refractivity contribution < 1.29 is 13.7 Å². The second kappa shape index (κ2) is 4.88. The molecule has 0 saturated heterocycles. The monoisotopic (exact) mass is 256 g/mol. The summed E-state index contributed by atoms with van der Waals surface area (Å²) in [6, 6.07) is 1.41. The Hall–Kier alpha value is -1.72. The maximum absolute atomic E-state index is 13.6. The van der Waals surface area contributed by atoms with Gasteiger partial charge < -0.3 is 5.32 Å². The molecule has 2 atom stereocenters. The quantitative estimate of drug-likeness (QED) is 0.665. The molecule has 0 aromatic heterocycles. The Labute approximate surface area is 103 Å². The minimum absolute atomic E-state index is 0.00339. The number of halogens is 2. The molecule has 1 aliphatic carbocycles. The standard InChI is InChI=1S/C12H14F2N2O2/c1-7-3-2-4-10(7)15-12-9(14)5-8(13)6-11(12)16(17)18/h5-7,10,15H,2-4H2,1H3. The summed E-state index contributed by atoms with van der Waals surface area (Å²) >= 11 is 0. The van der Waals surface area contributed by atoms with Crippen LogP contribution in [-0.4, -0.2) is 11.0 Å². The van der Waals surface area contributed by atoms with Crippen molar-refractivity contribution in [1.29, 1.82) is 0 Å². The zero-order valence-electron chi connectivity index (χ0n) is 9.95. The molecule has 0 heterocycles. The maximum Gasteiger partial charge on any atom is 0.298 e. The van der Waals surface area contributed by atoms with Gasteiger partial charge in [0.05, 0.1) is 11.0 Å². The highest BCUT2D eigenvalue weighted by Gasteiger charge is 2.28. The molecule has 0 spiro atoms. The Balaban J connectivity index is 2.33. The van der Waals surface area contributed by atoms with E-state index in [1.165, 1.54) is 0 Å². The minimum atomic E-state index is -0.941. The van der Waals surface area contributed by atoms with Gasteiger partial charge in [-0.2, -0.15) is 0 Å². The third-order valence-electron chi connectivity index (χ3n) is 3.42. The van der Waals surface area contributed by atoms with Gasteiger partial charge in [0.25, 0.3) is 5.69 Å². The van der Waals surface area contributed by atoms with E-state index in [1.807, 2.05) is 6.92 Å². The van der Waals surface area contributed by atoms with E-state index in [0.29, 0.717) is 12.0 Å². The van der Waals surface area contributed by atoms with E-state index in [1.54, 1.807) is 0 Å². The van der Waals surface area contributed by atoms with E-state index in [2.05, 4.69) is 5.32 Å². The van der Waals surface area contributed by atoms with Crippen LogP contribution in [0.5, 0.6) is 0 Å². The predicted octanol–water partition coefficient (Wildman–Crippen LogP) is 3.47. The molecule has 1 N–H and O–H groups in total. The van der Waals surface area contributed by atoms with Crippen molar-refractivity contribution in [3.05, 3.63) is 33.9 Å². The van der Waals surface area contributed by atoms with E-state index >= 15 is 0 Å². The molecular weight excluding hydrogens is 242 g/mol. The molecule has 1 aromatic rings. The van der Waals surface area contributed by atoms with Crippen LogP contribution in [0, 0.1) is 27.7 Å².